The van der Waals surface area contributed by atoms with Gasteiger partial charge in [0.15, 0.2) is 9.35 Å². The molecular formula is C18H12N6O4S3. The summed E-state index contributed by atoms with van der Waals surface area (Å²) in [6.07, 6.45) is 0. The van der Waals surface area contributed by atoms with Crippen molar-refractivity contribution in [3.8, 4) is 0 Å². The fraction of sp³-hybridized carbons (Fsp3) is 0.0556. The minimum absolute atomic E-state index is 0.0309. The standard InChI is InChI=1S/C18H12N6O4S3/c25-14(19-10-4-3-5-11(8-10)24(27)28)9-29-18-23-22-17(31-18)21-15(26)16-20-12-6-1-2-7-13(12)30-16/h1-8H,9H2,(H,19,25)(H,21,22,26). The van der Waals surface area contributed by atoms with Crippen molar-refractivity contribution in [3.05, 3.63) is 63.7 Å². The maximum Gasteiger partial charge on any atom is 0.286 e. The normalized spacial score (nSPS) is 10.7. The largest absolute Gasteiger partial charge is 0.325 e. The molecule has 2 aromatic carbocycles. The Labute approximate surface area is 186 Å². The molecule has 2 heterocycles. The molecule has 156 valence electrons. The molecule has 0 aliphatic carbocycles. The van der Waals surface area contributed by atoms with Crippen LogP contribution in [0.2, 0.25) is 0 Å². The number of hydrogen-bond acceptors (Lipinski definition) is 10. The molecule has 0 fully saturated rings. The molecule has 0 bridgehead atoms. The average molecular weight is 473 g/mol. The molecule has 13 heteroatoms. The third-order valence-corrected chi connectivity index (χ3v) is 6.79. The lowest BCUT2D eigenvalue weighted by atomic mass is 10.3. The summed E-state index contributed by atoms with van der Waals surface area (Å²) < 4.78 is 1.41. The molecule has 4 aromatic rings. The van der Waals surface area contributed by atoms with Crippen molar-refractivity contribution in [2.45, 2.75) is 4.34 Å². The first-order chi connectivity index (χ1) is 15.0. The number of carbonyl (C=O) groups excluding carboxylic acids is 2. The third-order valence-electron chi connectivity index (χ3n) is 3.78. The van der Waals surface area contributed by atoms with Crippen LogP contribution in [0, 0.1) is 10.1 Å². The van der Waals surface area contributed by atoms with Gasteiger partial charge in [-0.05, 0) is 18.2 Å². The van der Waals surface area contributed by atoms with Gasteiger partial charge in [-0.25, -0.2) is 4.98 Å². The van der Waals surface area contributed by atoms with Crippen molar-refractivity contribution >= 4 is 73.0 Å². The Morgan fingerprint density at radius 3 is 2.71 bits per heavy atom. The second-order valence-corrected chi connectivity index (χ2v) is 9.19. The summed E-state index contributed by atoms with van der Waals surface area (Å²) in [7, 11) is 0. The molecule has 2 amide bonds. The van der Waals surface area contributed by atoms with Gasteiger partial charge in [-0.1, -0.05) is 41.3 Å². The molecule has 0 aliphatic heterocycles. The van der Waals surface area contributed by atoms with Gasteiger partial charge in [0.1, 0.15) is 0 Å². The summed E-state index contributed by atoms with van der Waals surface area (Å²) >= 11 is 3.56. The van der Waals surface area contributed by atoms with Gasteiger partial charge in [0.25, 0.3) is 11.6 Å². The number of rotatable bonds is 7. The maximum atomic E-state index is 12.4. The van der Waals surface area contributed by atoms with E-state index < -0.39 is 4.92 Å². The SMILES string of the molecule is O=C(CSc1nnc(NC(=O)c2nc3ccccc3s2)s1)Nc1cccc([N+](=O)[O-])c1. The molecule has 0 radical (unpaired) electrons. The molecule has 0 saturated heterocycles. The summed E-state index contributed by atoms with van der Waals surface area (Å²) in [6, 6.07) is 13.1. The zero-order chi connectivity index (χ0) is 21.8. The van der Waals surface area contributed by atoms with Crippen LogP contribution in [0.4, 0.5) is 16.5 Å². The molecule has 0 saturated carbocycles. The minimum Gasteiger partial charge on any atom is -0.325 e. The smallest absolute Gasteiger partial charge is 0.286 e. The topological polar surface area (TPSA) is 140 Å². The van der Waals surface area contributed by atoms with Crippen LogP contribution in [-0.4, -0.2) is 37.7 Å². The van der Waals surface area contributed by atoms with Crippen molar-refractivity contribution in [3.63, 3.8) is 0 Å². The van der Waals surface area contributed by atoms with Crippen molar-refractivity contribution in [2.24, 2.45) is 0 Å². The van der Waals surface area contributed by atoms with E-state index in [2.05, 4.69) is 25.8 Å². The molecule has 2 aromatic heterocycles. The van der Waals surface area contributed by atoms with Gasteiger partial charge in [-0.2, -0.15) is 0 Å². The number of nitro groups is 1. The van der Waals surface area contributed by atoms with E-state index in [0.717, 1.165) is 33.3 Å². The van der Waals surface area contributed by atoms with Crippen molar-refractivity contribution < 1.29 is 14.5 Å². The molecule has 2 N–H and O–H groups in total. The number of carbonyl (C=O) groups is 2. The van der Waals surface area contributed by atoms with Crippen LogP contribution in [-0.2, 0) is 4.79 Å². The first-order valence-corrected chi connectivity index (χ1v) is 11.3. The molecular weight excluding hydrogens is 460 g/mol. The average Bonchev–Trinajstić information content (AvgIpc) is 3.39. The number of anilines is 2. The molecule has 0 atom stereocenters. The van der Waals surface area contributed by atoms with E-state index in [0.29, 0.717) is 20.2 Å². The van der Waals surface area contributed by atoms with E-state index in [4.69, 9.17) is 0 Å². The lowest BCUT2D eigenvalue weighted by Gasteiger charge is -2.03. The van der Waals surface area contributed by atoms with E-state index in [1.54, 1.807) is 6.07 Å². The molecule has 0 unspecified atom stereocenters. The number of nitrogens with zero attached hydrogens (tertiary/aromatic N) is 4. The second-order valence-electron chi connectivity index (χ2n) is 5.96. The Hall–Kier alpha value is -3.42. The number of fused-ring (bicyclic) bond motifs is 1. The van der Waals surface area contributed by atoms with Gasteiger partial charge in [-0.15, -0.1) is 21.5 Å². The molecule has 10 nitrogen and oxygen atoms in total. The Morgan fingerprint density at radius 1 is 1.06 bits per heavy atom. The van der Waals surface area contributed by atoms with Gasteiger partial charge in [-0.3, -0.25) is 25.0 Å². The molecule has 31 heavy (non-hydrogen) atoms. The lowest BCUT2D eigenvalue weighted by Crippen LogP contribution is -2.14. The van der Waals surface area contributed by atoms with E-state index in [-0.39, 0.29) is 23.3 Å². The second kappa shape index (κ2) is 9.16. The van der Waals surface area contributed by atoms with Gasteiger partial charge >= 0.3 is 0 Å². The Bertz CT molecular complexity index is 1260. The van der Waals surface area contributed by atoms with E-state index in [1.165, 1.54) is 29.5 Å². The van der Waals surface area contributed by atoms with Crippen molar-refractivity contribution in [2.75, 3.05) is 16.4 Å². The van der Waals surface area contributed by atoms with E-state index in [1.807, 2.05) is 24.3 Å². The molecule has 0 aliphatic rings. The number of para-hydroxylation sites is 1. The Morgan fingerprint density at radius 2 is 1.90 bits per heavy atom. The predicted octanol–water partition coefficient (Wildman–Crippen LogP) is 4.04. The molecule has 4 rings (SSSR count). The molecule has 0 spiro atoms. The quantitative estimate of drug-likeness (QED) is 0.178. The fourth-order valence-corrected chi connectivity index (χ4v) is 4.87. The van der Waals surface area contributed by atoms with Crippen LogP contribution in [0.25, 0.3) is 10.2 Å². The first-order valence-electron chi connectivity index (χ1n) is 8.65. The summed E-state index contributed by atoms with van der Waals surface area (Å²) in [5, 5.41) is 24.5. The Kier molecular flexibility index (Phi) is 6.16. The summed E-state index contributed by atoms with van der Waals surface area (Å²) in [5.74, 6) is -0.693. The van der Waals surface area contributed by atoms with E-state index >= 15 is 0 Å². The summed E-state index contributed by atoms with van der Waals surface area (Å²) in [5.41, 5.74) is 0.977. The zero-order valence-electron chi connectivity index (χ0n) is 15.5. The number of thioether (sulfide) groups is 1. The number of nitro benzene ring substituents is 1. The van der Waals surface area contributed by atoms with E-state index in [9.17, 15) is 19.7 Å². The highest BCUT2D eigenvalue weighted by molar-refractivity contribution is 8.01. The third kappa shape index (κ3) is 5.20. The highest BCUT2D eigenvalue weighted by atomic mass is 32.2. The number of aromatic nitrogens is 3. The van der Waals surface area contributed by atoms with Crippen LogP contribution in [0.5, 0.6) is 0 Å². The predicted molar refractivity (Wildman–Crippen MR) is 120 cm³/mol. The van der Waals surface area contributed by atoms with Gasteiger partial charge in [0.2, 0.25) is 11.0 Å². The van der Waals surface area contributed by atoms with Crippen molar-refractivity contribution in [1.29, 1.82) is 0 Å². The number of thiazole rings is 1. The van der Waals surface area contributed by atoms with Gasteiger partial charge < -0.3 is 5.32 Å². The number of hydrogen-bond donors (Lipinski definition) is 2. The van der Waals surface area contributed by atoms with Crippen LogP contribution in [0.15, 0.2) is 52.9 Å². The summed E-state index contributed by atoms with van der Waals surface area (Å²) in [6.45, 7) is 0. The van der Waals surface area contributed by atoms with Crippen LogP contribution in [0.3, 0.4) is 0 Å². The Balaban J connectivity index is 1.31. The zero-order valence-corrected chi connectivity index (χ0v) is 17.9. The highest BCUT2D eigenvalue weighted by Crippen LogP contribution is 2.27. The number of nitrogens with one attached hydrogen (secondary N) is 2. The highest BCUT2D eigenvalue weighted by Gasteiger charge is 2.16. The minimum atomic E-state index is -0.532. The van der Waals surface area contributed by atoms with Crippen LogP contribution >= 0.6 is 34.4 Å². The fourth-order valence-electron chi connectivity index (χ4n) is 2.46. The van der Waals surface area contributed by atoms with Gasteiger partial charge in [0, 0.05) is 17.8 Å². The van der Waals surface area contributed by atoms with Gasteiger partial charge in [0.05, 0.1) is 20.9 Å². The van der Waals surface area contributed by atoms with Crippen molar-refractivity contribution in [1.82, 2.24) is 15.2 Å². The number of benzene rings is 2. The first kappa shape index (κ1) is 20.8. The monoisotopic (exact) mass is 472 g/mol. The van der Waals surface area contributed by atoms with Crippen LogP contribution < -0.4 is 10.6 Å². The number of amides is 2. The summed E-state index contributed by atoms with van der Waals surface area (Å²) in [4.78, 5) is 39.1. The number of non-ortho nitro benzene ring substituents is 1. The van der Waals surface area contributed by atoms with Crippen LogP contribution in [0.1, 0.15) is 9.80 Å². The maximum absolute atomic E-state index is 12.4. The lowest BCUT2D eigenvalue weighted by molar-refractivity contribution is -0.384.